The molecule has 158 valence electrons. The van der Waals surface area contributed by atoms with E-state index in [0.29, 0.717) is 0 Å². The lowest BCUT2D eigenvalue weighted by molar-refractivity contribution is -0.220. The lowest BCUT2D eigenvalue weighted by Gasteiger charge is -2.44. The van der Waals surface area contributed by atoms with Crippen molar-refractivity contribution < 1.29 is 10.4 Å². The van der Waals surface area contributed by atoms with Gasteiger partial charge in [0.15, 0.2) is 0 Å². The van der Waals surface area contributed by atoms with Crippen LogP contribution in [0.1, 0.15) is 55.4 Å². The van der Waals surface area contributed by atoms with Crippen LogP contribution in [0.5, 0.6) is 0 Å². The monoisotopic (exact) mass is 392 g/mol. The van der Waals surface area contributed by atoms with Gasteiger partial charge in [-0.05, 0) is 55.4 Å². The molecule has 0 aromatic rings. The molecule has 2 saturated heterocycles. The molecule has 8 nitrogen and oxygen atoms in total. The van der Waals surface area contributed by atoms with Gasteiger partial charge in [-0.2, -0.15) is 0 Å². The quantitative estimate of drug-likeness (QED) is 0.680. The Morgan fingerprint density at radius 3 is 1.07 bits per heavy atom. The van der Waals surface area contributed by atoms with Crippen LogP contribution in [0, 0.1) is 10.4 Å². The summed E-state index contributed by atoms with van der Waals surface area (Å²) in [6.07, 6.45) is 7.85. The maximum absolute atomic E-state index is 12.4. The van der Waals surface area contributed by atoms with Gasteiger partial charge >= 0.3 is 0 Å². The summed E-state index contributed by atoms with van der Waals surface area (Å²) in [5.41, 5.74) is -3.26. The molecule has 0 spiro atoms. The smallest absolute Gasteiger partial charge is 0.0987 e. The summed E-state index contributed by atoms with van der Waals surface area (Å²) in [5, 5.41) is 53.0. The standard InChI is InChI=1S/C20H32N4O4/c1-17(2)18(3,4)22(26)15(21(17)25)13-11-9-10-12-14-16-23(27)19(5,6)20(7,8)24(16)28/h9-16H,1-8H3/q-2/b10-9+,13-11+,14-12+. The highest BCUT2D eigenvalue weighted by Crippen LogP contribution is 2.43. The summed E-state index contributed by atoms with van der Waals surface area (Å²) < 4.78 is 0. The first-order chi connectivity index (χ1) is 12.6. The van der Waals surface area contributed by atoms with Crippen LogP contribution < -0.4 is 0 Å². The van der Waals surface area contributed by atoms with Gasteiger partial charge in [0.05, 0.1) is 23.4 Å². The van der Waals surface area contributed by atoms with Crippen LogP contribution in [0.4, 0.5) is 0 Å². The third-order valence-electron chi connectivity index (χ3n) is 7.06. The zero-order chi connectivity index (χ0) is 21.7. The fourth-order valence-electron chi connectivity index (χ4n) is 3.36. The third-order valence-corrected chi connectivity index (χ3v) is 7.06. The summed E-state index contributed by atoms with van der Waals surface area (Å²) in [6, 6.07) is 0. The zero-order valence-electron chi connectivity index (χ0n) is 18.0. The van der Waals surface area contributed by atoms with Crippen LogP contribution in [0.3, 0.4) is 0 Å². The van der Waals surface area contributed by atoms with Crippen LogP contribution >= 0.6 is 0 Å². The van der Waals surface area contributed by atoms with Gasteiger partial charge in [0, 0.05) is 11.1 Å². The van der Waals surface area contributed by atoms with E-state index in [-0.39, 0.29) is 0 Å². The molecule has 8 heteroatoms. The minimum absolute atomic E-state index is 0.813. The first-order valence-electron chi connectivity index (χ1n) is 9.49. The van der Waals surface area contributed by atoms with Crippen LogP contribution in [0.25, 0.3) is 0 Å². The normalized spacial score (nSPS) is 33.9. The van der Waals surface area contributed by atoms with Gasteiger partial charge in [0.25, 0.3) is 0 Å². The largest absolute Gasteiger partial charge is 0.783 e. The van der Waals surface area contributed by atoms with Crippen LogP contribution in [-0.2, 0) is 10.4 Å². The fraction of sp³-hybridized carbons (Fsp3) is 0.700. The van der Waals surface area contributed by atoms with Crippen molar-refractivity contribution in [1.82, 2.24) is 20.3 Å². The van der Waals surface area contributed by atoms with Crippen LogP contribution in [0.2, 0.25) is 0 Å². The average molecular weight is 393 g/mol. The Hall–Kier alpha value is -1.10. The highest BCUT2D eigenvalue weighted by Gasteiger charge is 2.54. The van der Waals surface area contributed by atoms with E-state index in [2.05, 4.69) is 0 Å². The van der Waals surface area contributed by atoms with E-state index in [4.69, 9.17) is 0 Å². The summed E-state index contributed by atoms with van der Waals surface area (Å²) in [7, 11) is 0. The van der Waals surface area contributed by atoms with Crippen molar-refractivity contribution in [3.05, 3.63) is 46.9 Å². The predicted molar refractivity (Wildman–Crippen MR) is 107 cm³/mol. The van der Waals surface area contributed by atoms with Gasteiger partial charge in [-0.3, -0.25) is 0 Å². The van der Waals surface area contributed by atoms with Gasteiger partial charge < -0.3 is 20.5 Å². The van der Waals surface area contributed by atoms with E-state index in [1.54, 1.807) is 91.8 Å². The number of rotatable bonds is 4. The Morgan fingerprint density at radius 2 is 0.857 bits per heavy atom. The summed E-state index contributed by atoms with van der Waals surface area (Å²) in [4.78, 5) is 0. The molecule has 0 atom stereocenters. The number of allylic oxidation sites excluding steroid dienone is 4. The summed E-state index contributed by atoms with van der Waals surface area (Å²) >= 11 is 0. The van der Waals surface area contributed by atoms with Crippen molar-refractivity contribution in [3.63, 3.8) is 0 Å². The van der Waals surface area contributed by atoms with E-state index >= 15 is 0 Å². The molecule has 0 aliphatic carbocycles. The van der Waals surface area contributed by atoms with E-state index in [1.807, 2.05) is 0 Å². The zero-order valence-corrected chi connectivity index (χ0v) is 18.0. The van der Waals surface area contributed by atoms with Crippen molar-refractivity contribution >= 4 is 0 Å². The molecule has 2 radical (unpaired) electrons. The molecule has 0 N–H and O–H groups in total. The number of nitrogens with zero attached hydrogens (tertiary/aromatic N) is 4. The second-order valence-electron chi connectivity index (χ2n) is 9.52. The van der Waals surface area contributed by atoms with E-state index < -0.39 is 34.5 Å². The Kier molecular flexibility index (Phi) is 6.04. The van der Waals surface area contributed by atoms with Gasteiger partial charge in [0.1, 0.15) is 0 Å². The summed E-state index contributed by atoms with van der Waals surface area (Å²) in [5.74, 6) is 0. The minimum atomic E-state index is -0.899. The molecule has 0 aromatic heterocycles. The number of hydrogen-bond acceptors (Lipinski definition) is 6. The first-order valence-corrected chi connectivity index (χ1v) is 9.49. The fourth-order valence-corrected chi connectivity index (χ4v) is 3.36. The maximum Gasteiger partial charge on any atom is 0.0987 e. The highest BCUT2D eigenvalue weighted by molar-refractivity contribution is 5.20. The Morgan fingerprint density at radius 1 is 0.571 bits per heavy atom. The van der Waals surface area contributed by atoms with E-state index in [9.17, 15) is 20.8 Å². The van der Waals surface area contributed by atoms with Gasteiger partial charge in [-0.1, -0.05) is 36.5 Å². The molecule has 2 fully saturated rings. The molecule has 2 aliphatic rings. The molecular formula is C20H32N4O4-2. The number of hydroxylamine groups is 8. The topological polar surface area (TPSA) is 98.9 Å². The molecular weight excluding hydrogens is 360 g/mol. The van der Waals surface area contributed by atoms with Crippen molar-refractivity contribution in [2.75, 3.05) is 0 Å². The van der Waals surface area contributed by atoms with Crippen LogP contribution in [-0.4, -0.2) is 54.7 Å². The van der Waals surface area contributed by atoms with Gasteiger partial charge in [-0.15, -0.1) is 20.5 Å². The minimum Gasteiger partial charge on any atom is -0.783 e. The molecule has 0 aromatic carbocycles. The molecule has 2 rings (SSSR count). The maximum atomic E-state index is 12.4. The molecule has 0 unspecified atom stereocenters. The Labute approximate surface area is 168 Å². The third kappa shape index (κ3) is 3.28. The predicted octanol–water partition coefficient (Wildman–Crippen LogP) is 3.34. The molecule has 0 bridgehead atoms. The highest BCUT2D eigenvalue weighted by atomic mass is 16.6. The van der Waals surface area contributed by atoms with Crippen molar-refractivity contribution in [2.24, 2.45) is 0 Å². The van der Waals surface area contributed by atoms with Crippen LogP contribution in [0.15, 0.2) is 36.5 Å². The van der Waals surface area contributed by atoms with Gasteiger partial charge in [0.2, 0.25) is 0 Å². The first kappa shape index (κ1) is 23.2. The van der Waals surface area contributed by atoms with E-state index in [1.165, 1.54) is 0 Å². The van der Waals surface area contributed by atoms with Gasteiger partial charge in [-0.25, -0.2) is 0 Å². The van der Waals surface area contributed by atoms with E-state index in [0.717, 1.165) is 20.3 Å². The SMILES string of the molecule is CC1(C)N([O])C(/C=C/C=C/C=C/C2N([O])C(C)(C)C(C)(C)N2[O-])N([O-])C1(C)C. The average Bonchev–Trinajstić information content (AvgIpc) is 2.78. The Bertz CT molecular complexity index is 573. The second kappa shape index (κ2) is 7.30. The molecule has 28 heavy (non-hydrogen) atoms. The molecule has 2 heterocycles. The van der Waals surface area contributed by atoms with Crippen molar-refractivity contribution in [1.29, 1.82) is 0 Å². The van der Waals surface area contributed by atoms with Crippen molar-refractivity contribution in [2.45, 2.75) is 89.9 Å². The Balaban J connectivity index is 2.03. The molecule has 0 amide bonds. The molecule has 0 saturated carbocycles. The lowest BCUT2D eigenvalue weighted by Crippen LogP contribution is -2.51. The van der Waals surface area contributed by atoms with Crippen molar-refractivity contribution in [3.8, 4) is 0 Å². The summed E-state index contributed by atoms with van der Waals surface area (Å²) in [6.45, 7) is 14.0. The second-order valence-corrected chi connectivity index (χ2v) is 9.52. The lowest BCUT2D eigenvalue weighted by atomic mass is 9.84. The number of hydrogen-bond donors (Lipinski definition) is 0. The molecule has 2 aliphatic heterocycles.